The van der Waals surface area contributed by atoms with E-state index in [1.165, 1.54) is 6.07 Å². The lowest BCUT2D eigenvalue weighted by molar-refractivity contribution is -0.137. The minimum Gasteiger partial charge on any atom is -0.358 e. The Labute approximate surface area is 128 Å². The quantitative estimate of drug-likeness (QED) is 0.915. The Morgan fingerprint density at radius 2 is 1.95 bits per heavy atom. The summed E-state index contributed by atoms with van der Waals surface area (Å²) < 4.78 is 38.2. The Balaban J connectivity index is 2.14. The average molecular weight is 311 g/mol. The molecule has 6 heteroatoms. The molecule has 0 radical (unpaired) electrons. The van der Waals surface area contributed by atoms with Crippen molar-refractivity contribution in [3.8, 4) is 0 Å². The van der Waals surface area contributed by atoms with Gasteiger partial charge in [-0.15, -0.1) is 0 Å². The molecule has 0 saturated carbocycles. The first-order valence-electron chi connectivity index (χ1n) is 7.20. The fraction of sp³-hybridized carbons (Fsp3) is 0.438. The normalized spacial score (nSPS) is 18.7. The van der Waals surface area contributed by atoms with E-state index >= 15 is 0 Å². The van der Waals surface area contributed by atoms with E-state index in [4.69, 9.17) is 0 Å². The first-order valence-corrected chi connectivity index (χ1v) is 7.20. The lowest BCUT2D eigenvalue weighted by Crippen LogP contribution is -2.41. The van der Waals surface area contributed by atoms with Crippen molar-refractivity contribution in [3.63, 3.8) is 0 Å². The lowest BCUT2D eigenvalue weighted by atomic mass is 10.1. The van der Waals surface area contributed by atoms with Crippen molar-refractivity contribution in [2.24, 2.45) is 4.99 Å². The van der Waals surface area contributed by atoms with Crippen LogP contribution in [0.15, 0.2) is 41.5 Å². The van der Waals surface area contributed by atoms with Crippen LogP contribution in [0.2, 0.25) is 0 Å². The standard InChI is InChI=1S/C16H20F3N3/c1-11(2)22-8-7-15(20-10-22)21-12(3)13-5-4-6-14(9-13)16(17,18)19/h4-9,11-12H,10H2,1-3H3,(H,20,21)/t12-/m0/s1. The van der Waals surface area contributed by atoms with E-state index in [9.17, 15) is 13.2 Å². The van der Waals surface area contributed by atoms with Gasteiger partial charge in [-0.1, -0.05) is 12.1 Å². The molecule has 22 heavy (non-hydrogen) atoms. The number of alkyl halides is 3. The fourth-order valence-corrected chi connectivity index (χ4v) is 2.15. The average Bonchev–Trinajstić information content (AvgIpc) is 2.47. The van der Waals surface area contributed by atoms with Gasteiger partial charge < -0.3 is 10.2 Å². The number of hydrogen-bond acceptors (Lipinski definition) is 2. The third kappa shape index (κ3) is 4.02. The van der Waals surface area contributed by atoms with Gasteiger partial charge in [0.25, 0.3) is 0 Å². The highest BCUT2D eigenvalue weighted by Crippen LogP contribution is 2.31. The maximum absolute atomic E-state index is 12.7. The molecule has 1 heterocycles. The number of hydrogen-bond donors (Lipinski definition) is 1. The summed E-state index contributed by atoms with van der Waals surface area (Å²) in [6, 6.07) is 5.34. The summed E-state index contributed by atoms with van der Waals surface area (Å²) in [6.45, 7) is 6.59. The van der Waals surface area contributed by atoms with E-state index < -0.39 is 11.7 Å². The highest BCUT2D eigenvalue weighted by molar-refractivity contribution is 5.93. The van der Waals surface area contributed by atoms with Crippen LogP contribution < -0.4 is 5.32 Å². The molecule has 1 atom stereocenters. The van der Waals surface area contributed by atoms with E-state index in [1.54, 1.807) is 13.0 Å². The summed E-state index contributed by atoms with van der Waals surface area (Å²) >= 11 is 0. The monoisotopic (exact) mass is 311 g/mol. The second-order valence-electron chi connectivity index (χ2n) is 5.57. The van der Waals surface area contributed by atoms with Gasteiger partial charge in [-0.2, -0.15) is 13.2 Å². The lowest BCUT2D eigenvalue weighted by Gasteiger charge is -2.29. The number of benzene rings is 1. The van der Waals surface area contributed by atoms with Gasteiger partial charge in [0.15, 0.2) is 0 Å². The molecule has 3 nitrogen and oxygen atoms in total. The maximum Gasteiger partial charge on any atom is 0.416 e. The van der Waals surface area contributed by atoms with Crippen LogP contribution in [0.25, 0.3) is 0 Å². The molecule has 0 unspecified atom stereocenters. The zero-order valence-electron chi connectivity index (χ0n) is 12.9. The van der Waals surface area contributed by atoms with Gasteiger partial charge in [-0.3, -0.25) is 4.99 Å². The van der Waals surface area contributed by atoms with Gasteiger partial charge in [-0.05, 0) is 44.5 Å². The SMILES string of the molecule is CC(C)N1C=CC(=N[C@@H](C)c2cccc(C(F)(F)F)c2)NC1. The van der Waals surface area contributed by atoms with Crippen LogP contribution >= 0.6 is 0 Å². The largest absolute Gasteiger partial charge is 0.416 e. The van der Waals surface area contributed by atoms with Crippen LogP contribution in [-0.4, -0.2) is 23.4 Å². The predicted octanol–water partition coefficient (Wildman–Crippen LogP) is 3.95. The smallest absolute Gasteiger partial charge is 0.358 e. The van der Waals surface area contributed by atoms with Crippen LogP contribution in [0.4, 0.5) is 13.2 Å². The molecule has 0 aromatic heterocycles. The van der Waals surface area contributed by atoms with Crippen LogP contribution in [-0.2, 0) is 6.18 Å². The minimum absolute atomic E-state index is 0.347. The molecule has 0 spiro atoms. The molecule has 1 aromatic carbocycles. The molecule has 0 fully saturated rings. The summed E-state index contributed by atoms with van der Waals surface area (Å²) in [5, 5.41) is 3.16. The van der Waals surface area contributed by atoms with Crippen LogP contribution in [0.5, 0.6) is 0 Å². The highest BCUT2D eigenvalue weighted by Gasteiger charge is 2.30. The molecule has 0 saturated heterocycles. The van der Waals surface area contributed by atoms with E-state index in [1.807, 2.05) is 12.3 Å². The zero-order chi connectivity index (χ0) is 16.3. The number of aliphatic imine (C=N–C) groups is 1. The number of halogens is 3. The second kappa shape index (κ2) is 6.42. The van der Waals surface area contributed by atoms with Gasteiger partial charge >= 0.3 is 6.18 Å². The summed E-state index contributed by atoms with van der Waals surface area (Å²) in [7, 11) is 0. The van der Waals surface area contributed by atoms with E-state index in [0.717, 1.165) is 12.1 Å². The van der Waals surface area contributed by atoms with Crippen molar-refractivity contribution in [3.05, 3.63) is 47.7 Å². The van der Waals surface area contributed by atoms with Gasteiger partial charge in [0.05, 0.1) is 18.3 Å². The molecule has 0 amide bonds. The molecule has 2 rings (SSSR count). The Bertz CT molecular complexity index is 576. The number of rotatable bonds is 3. The number of nitrogens with one attached hydrogen (secondary N) is 1. The molecule has 120 valence electrons. The Kier molecular flexibility index (Phi) is 4.78. The second-order valence-corrected chi connectivity index (χ2v) is 5.57. The maximum atomic E-state index is 12.7. The molecule has 0 aliphatic carbocycles. The van der Waals surface area contributed by atoms with Crippen molar-refractivity contribution in [2.75, 3.05) is 6.67 Å². The van der Waals surface area contributed by atoms with Crippen molar-refractivity contribution in [2.45, 2.75) is 39.0 Å². The van der Waals surface area contributed by atoms with E-state index in [0.29, 0.717) is 24.1 Å². The molecule has 1 aromatic rings. The molecule has 0 bridgehead atoms. The molecule has 1 N–H and O–H groups in total. The Morgan fingerprint density at radius 1 is 1.23 bits per heavy atom. The van der Waals surface area contributed by atoms with Crippen molar-refractivity contribution in [1.29, 1.82) is 0 Å². The Hall–Kier alpha value is -1.98. The molecular weight excluding hydrogens is 291 g/mol. The van der Waals surface area contributed by atoms with Crippen LogP contribution in [0, 0.1) is 0 Å². The molecule has 1 aliphatic heterocycles. The highest BCUT2D eigenvalue weighted by atomic mass is 19.4. The van der Waals surface area contributed by atoms with Crippen molar-refractivity contribution < 1.29 is 13.2 Å². The first-order chi connectivity index (χ1) is 10.3. The van der Waals surface area contributed by atoms with E-state index in [2.05, 4.69) is 29.1 Å². The minimum atomic E-state index is -4.33. The van der Waals surface area contributed by atoms with Gasteiger partial charge in [0.2, 0.25) is 0 Å². The predicted molar refractivity (Wildman–Crippen MR) is 81.4 cm³/mol. The number of nitrogens with zero attached hydrogens (tertiary/aromatic N) is 2. The van der Waals surface area contributed by atoms with Crippen molar-refractivity contribution in [1.82, 2.24) is 10.2 Å². The number of amidine groups is 1. The third-order valence-electron chi connectivity index (χ3n) is 3.56. The summed E-state index contributed by atoms with van der Waals surface area (Å²) in [5.74, 6) is 0.682. The van der Waals surface area contributed by atoms with Crippen molar-refractivity contribution >= 4 is 5.84 Å². The summed E-state index contributed by atoms with van der Waals surface area (Å²) in [5.41, 5.74) is -0.0982. The topological polar surface area (TPSA) is 27.6 Å². The summed E-state index contributed by atoms with van der Waals surface area (Å²) in [4.78, 5) is 6.55. The van der Waals surface area contributed by atoms with Gasteiger partial charge in [0.1, 0.15) is 5.84 Å². The van der Waals surface area contributed by atoms with Crippen LogP contribution in [0.3, 0.4) is 0 Å². The first kappa shape index (κ1) is 16.4. The Morgan fingerprint density at radius 3 is 2.50 bits per heavy atom. The molecular formula is C16H20F3N3. The fourth-order valence-electron chi connectivity index (χ4n) is 2.15. The van der Waals surface area contributed by atoms with Gasteiger partial charge in [-0.25, -0.2) is 0 Å². The molecule has 1 aliphatic rings. The van der Waals surface area contributed by atoms with Gasteiger partial charge in [0, 0.05) is 12.2 Å². The third-order valence-corrected chi connectivity index (χ3v) is 3.56. The zero-order valence-corrected chi connectivity index (χ0v) is 12.9. The van der Waals surface area contributed by atoms with E-state index in [-0.39, 0.29) is 6.04 Å². The summed E-state index contributed by atoms with van der Waals surface area (Å²) in [6.07, 6.45) is -0.546. The van der Waals surface area contributed by atoms with Crippen LogP contribution in [0.1, 0.15) is 37.9 Å².